The lowest BCUT2D eigenvalue weighted by Crippen LogP contribution is -2.17. The molecule has 0 bridgehead atoms. The summed E-state index contributed by atoms with van der Waals surface area (Å²) in [6.07, 6.45) is 1.49. The van der Waals surface area contributed by atoms with Crippen LogP contribution in [0.3, 0.4) is 0 Å². The molecule has 0 unspecified atom stereocenters. The Morgan fingerprint density at radius 2 is 1.43 bits per heavy atom. The summed E-state index contributed by atoms with van der Waals surface area (Å²) in [5, 5.41) is 1.08. The Bertz CT molecular complexity index is 646. The molecule has 1 aliphatic heterocycles. The standard InChI is InChI=1S/C18H16Cl2F2O/c19-15-3-1-11(7-16(15)20)5-13-9-23-10-14(13)6-12-2-4-17(21)18(22)8-12/h1-4,7-8,13-14H,5-6,9-10H2/t13-,14-/m0/s1. The van der Waals surface area contributed by atoms with E-state index in [4.69, 9.17) is 27.9 Å². The van der Waals surface area contributed by atoms with Gasteiger partial charge >= 0.3 is 0 Å². The number of hydrogen-bond donors (Lipinski definition) is 0. The van der Waals surface area contributed by atoms with Crippen LogP contribution in [-0.2, 0) is 17.6 Å². The molecule has 5 heteroatoms. The zero-order chi connectivity index (χ0) is 16.4. The van der Waals surface area contributed by atoms with E-state index in [2.05, 4.69) is 0 Å². The van der Waals surface area contributed by atoms with Gasteiger partial charge in [-0.2, -0.15) is 0 Å². The van der Waals surface area contributed by atoms with Crippen molar-refractivity contribution in [1.82, 2.24) is 0 Å². The fourth-order valence-electron chi connectivity index (χ4n) is 3.03. The average Bonchev–Trinajstić information content (AvgIpc) is 2.94. The van der Waals surface area contributed by atoms with Crippen LogP contribution in [-0.4, -0.2) is 13.2 Å². The van der Waals surface area contributed by atoms with E-state index in [-0.39, 0.29) is 5.92 Å². The van der Waals surface area contributed by atoms with E-state index in [1.54, 1.807) is 12.1 Å². The van der Waals surface area contributed by atoms with Crippen LogP contribution in [0.2, 0.25) is 10.0 Å². The van der Waals surface area contributed by atoms with Gasteiger partial charge in [0.25, 0.3) is 0 Å². The highest BCUT2D eigenvalue weighted by Gasteiger charge is 2.28. The Balaban J connectivity index is 1.69. The molecule has 3 rings (SSSR count). The second kappa shape index (κ2) is 7.16. The monoisotopic (exact) mass is 356 g/mol. The Hall–Kier alpha value is -1.16. The summed E-state index contributed by atoms with van der Waals surface area (Å²) in [5.41, 5.74) is 1.89. The van der Waals surface area contributed by atoms with Crippen LogP contribution in [0.1, 0.15) is 11.1 Å². The molecule has 2 atom stereocenters. The molecule has 0 aromatic heterocycles. The first-order valence-electron chi connectivity index (χ1n) is 7.48. The molecule has 1 saturated heterocycles. The zero-order valence-corrected chi connectivity index (χ0v) is 13.9. The first kappa shape index (κ1) is 16.7. The van der Waals surface area contributed by atoms with Gasteiger partial charge in [0.15, 0.2) is 11.6 Å². The average molecular weight is 357 g/mol. The predicted molar refractivity (Wildman–Crippen MR) is 88.0 cm³/mol. The number of rotatable bonds is 4. The summed E-state index contributed by atoms with van der Waals surface area (Å²) in [6.45, 7) is 1.29. The fourth-order valence-corrected chi connectivity index (χ4v) is 3.35. The molecule has 1 fully saturated rings. The highest BCUT2D eigenvalue weighted by atomic mass is 35.5. The van der Waals surface area contributed by atoms with Crippen molar-refractivity contribution >= 4 is 23.2 Å². The molecule has 23 heavy (non-hydrogen) atoms. The normalized spacial score (nSPS) is 20.9. The third kappa shape index (κ3) is 4.03. The summed E-state index contributed by atoms with van der Waals surface area (Å²) >= 11 is 12.0. The van der Waals surface area contributed by atoms with Crippen molar-refractivity contribution in [2.45, 2.75) is 12.8 Å². The minimum Gasteiger partial charge on any atom is -0.381 e. The van der Waals surface area contributed by atoms with E-state index >= 15 is 0 Å². The maximum Gasteiger partial charge on any atom is 0.159 e. The molecule has 0 amide bonds. The zero-order valence-electron chi connectivity index (χ0n) is 12.4. The minimum atomic E-state index is -0.816. The van der Waals surface area contributed by atoms with Crippen molar-refractivity contribution < 1.29 is 13.5 Å². The van der Waals surface area contributed by atoms with E-state index in [0.717, 1.165) is 17.5 Å². The quantitative estimate of drug-likeness (QED) is 0.720. The lowest BCUT2D eigenvalue weighted by Gasteiger charge is -2.18. The van der Waals surface area contributed by atoms with Crippen LogP contribution in [0.4, 0.5) is 8.78 Å². The minimum absolute atomic E-state index is 0.273. The summed E-state index contributed by atoms with van der Waals surface area (Å²) in [6, 6.07) is 9.70. The predicted octanol–water partition coefficient (Wildman–Crippen LogP) is 5.32. The molecular weight excluding hydrogens is 341 g/mol. The Morgan fingerprint density at radius 1 is 0.826 bits per heavy atom. The Labute approximate surface area is 144 Å². The van der Waals surface area contributed by atoms with Gasteiger partial charge in [-0.15, -0.1) is 0 Å². The highest BCUT2D eigenvalue weighted by molar-refractivity contribution is 6.42. The summed E-state index contributed by atoms with van der Waals surface area (Å²) < 4.78 is 32.0. The number of hydrogen-bond acceptors (Lipinski definition) is 1. The maximum absolute atomic E-state index is 13.3. The van der Waals surface area contributed by atoms with E-state index < -0.39 is 11.6 Å². The van der Waals surface area contributed by atoms with Gasteiger partial charge in [0.05, 0.1) is 23.3 Å². The van der Waals surface area contributed by atoms with Gasteiger partial charge in [-0.1, -0.05) is 35.3 Å². The highest BCUT2D eigenvalue weighted by Crippen LogP contribution is 2.30. The molecule has 1 heterocycles. The molecular formula is C18H16Cl2F2O. The van der Waals surface area contributed by atoms with Crippen molar-refractivity contribution in [3.05, 3.63) is 69.2 Å². The second-order valence-corrected chi connectivity index (χ2v) is 6.78. The summed E-state index contributed by atoms with van der Waals surface area (Å²) in [7, 11) is 0. The number of ether oxygens (including phenoxy) is 1. The molecule has 0 radical (unpaired) electrons. The van der Waals surface area contributed by atoms with Crippen molar-refractivity contribution in [3.63, 3.8) is 0 Å². The number of halogens is 4. The molecule has 1 aliphatic rings. The molecule has 122 valence electrons. The van der Waals surface area contributed by atoms with Crippen LogP contribution >= 0.6 is 23.2 Å². The third-order valence-corrected chi connectivity index (χ3v) is 5.03. The van der Waals surface area contributed by atoms with Gasteiger partial charge in [-0.25, -0.2) is 8.78 Å². The topological polar surface area (TPSA) is 9.23 Å². The molecule has 0 saturated carbocycles. The molecule has 2 aromatic rings. The molecule has 1 nitrogen and oxygen atoms in total. The van der Waals surface area contributed by atoms with E-state index in [0.29, 0.717) is 35.6 Å². The largest absolute Gasteiger partial charge is 0.381 e. The fraction of sp³-hybridized carbons (Fsp3) is 0.333. The van der Waals surface area contributed by atoms with Crippen LogP contribution in [0.15, 0.2) is 36.4 Å². The van der Waals surface area contributed by atoms with Gasteiger partial charge in [0.1, 0.15) is 0 Å². The van der Waals surface area contributed by atoms with Crippen molar-refractivity contribution in [3.8, 4) is 0 Å². The van der Waals surface area contributed by atoms with Crippen molar-refractivity contribution in [2.24, 2.45) is 11.8 Å². The van der Waals surface area contributed by atoms with Crippen LogP contribution in [0.25, 0.3) is 0 Å². The summed E-state index contributed by atoms with van der Waals surface area (Å²) in [4.78, 5) is 0. The van der Waals surface area contributed by atoms with Gasteiger partial charge in [0, 0.05) is 0 Å². The lowest BCUT2D eigenvalue weighted by molar-refractivity contribution is 0.180. The van der Waals surface area contributed by atoms with E-state index in [1.807, 2.05) is 12.1 Å². The first-order valence-corrected chi connectivity index (χ1v) is 8.24. The van der Waals surface area contributed by atoms with Gasteiger partial charge < -0.3 is 4.74 Å². The maximum atomic E-state index is 13.3. The van der Waals surface area contributed by atoms with Crippen LogP contribution < -0.4 is 0 Å². The van der Waals surface area contributed by atoms with Crippen molar-refractivity contribution in [1.29, 1.82) is 0 Å². The van der Waals surface area contributed by atoms with E-state index in [1.165, 1.54) is 12.1 Å². The van der Waals surface area contributed by atoms with Crippen molar-refractivity contribution in [2.75, 3.05) is 13.2 Å². The third-order valence-electron chi connectivity index (χ3n) is 4.29. The van der Waals surface area contributed by atoms with Gasteiger partial charge in [-0.05, 0) is 60.1 Å². The van der Waals surface area contributed by atoms with Gasteiger partial charge in [0.2, 0.25) is 0 Å². The van der Waals surface area contributed by atoms with Gasteiger partial charge in [-0.3, -0.25) is 0 Å². The first-order chi connectivity index (χ1) is 11.0. The second-order valence-electron chi connectivity index (χ2n) is 5.96. The van der Waals surface area contributed by atoms with E-state index in [9.17, 15) is 8.78 Å². The smallest absolute Gasteiger partial charge is 0.159 e. The van der Waals surface area contributed by atoms with Crippen LogP contribution in [0.5, 0.6) is 0 Å². The lowest BCUT2D eigenvalue weighted by atomic mass is 9.85. The molecule has 0 spiro atoms. The molecule has 0 N–H and O–H groups in total. The molecule has 0 aliphatic carbocycles. The molecule has 2 aromatic carbocycles. The van der Waals surface area contributed by atoms with Crippen LogP contribution in [0, 0.1) is 23.5 Å². The Kier molecular flexibility index (Phi) is 5.20. The summed E-state index contributed by atoms with van der Waals surface area (Å²) in [5.74, 6) is -1.03. The SMILES string of the molecule is Fc1ccc(C[C@H]2COC[C@@H]2Cc2ccc(Cl)c(Cl)c2)cc1F. The Morgan fingerprint density at radius 3 is 2.04 bits per heavy atom. The number of benzene rings is 2.